The molecular formula is C16H16FNO6S2. The third-order valence-electron chi connectivity index (χ3n) is 3.76. The van der Waals surface area contributed by atoms with E-state index >= 15 is 0 Å². The second-order valence-corrected chi connectivity index (χ2v) is 8.94. The summed E-state index contributed by atoms with van der Waals surface area (Å²) in [7, 11) is -8.02. The standard InChI is InChI=1S/C16H16FNO6S2/c17-15-3-1-2-4-16(15)24-26(21,22)14-7-5-13(6-8-14)25(19,20)18-9-11-23-12-10-18/h1-8H,9-12H2. The van der Waals surface area contributed by atoms with E-state index in [1.165, 1.54) is 34.6 Å². The lowest BCUT2D eigenvalue weighted by Gasteiger charge is -2.26. The Morgan fingerprint density at radius 1 is 0.885 bits per heavy atom. The largest absolute Gasteiger partial charge is 0.379 e. The lowest BCUT2D eigenvalue weighted by molar-refractivity contribution is 0.0730. The van der Waals surface area contributed by atoms with E-state index in [9.17, 15) is 21.2 Å². The van der Waals surface area contributed by atoms with E-state index in [0.29, 0.717) is 13.2 Å². The van der Waals surface area contributed by atoms with Crippen LogP contribution in [0.25, 0.3) is 0 Å². The lowest BCUT2D eigenvalue weighted by atomic mass is 10.3. The van der Waals surface area contributed by atoms with Crippen LogP contribution in [0.4, 0.5) is 4.39 Å². The van der Waals surface area contributed by atoms with Crippen molar-refractivity contribution in [1.29, 1.82) is 0 Å². The monoisotopic (exact) mass is 401 g/mol. The number of morpholine rings is 1. The van der Waals surface area contributed by atoms with Crippen molar-refractivity contribution in [2.75, 3.05) is 26.3 Å². The first-order chi connectivity index (χ1) is 12.3. The van der Waals surface area contributed by atoms with Gasteiger partial charge in [-0.2, -0.15) is 12.7 Å². The summed E-state index contributed by atoms with van der Waals surface area (Å²) in [6.45, 7) is 1.09. The maximum Gasteiger partial charge on any atom is 0.339 e. The zero-order chi connectivity index (χ0) is 18.8. The summed E-state index contributed by atoms with van der Waals surface area (Å²) < 4.78 is 74.3. The first kappa shape index (κ1) is 18.8. The van der Waals surface area contributed by atoms with E-state index in [1.54, 1.807) is 0 Å². The first-order valence-corrected chi connectivity index (χ1v) is 10.5. The molecule has 140 valence electrons. The molecule has 3 rings (SSSR count). The Morgan fingerprint density at radius 3 is 2.08 bits per heavy atom. The van der Waals surface area contributed by atoms with Gasteiger partial charge in [0.05, 0.1) is 18.1 Å². The Kier molecular flexibility index (Phi) is 5.28. The van der Waals surface area contributed by atoms with E-state index in [1.807, 2.05) is 0 Å². The summed E-state index contributed by atoms with van der Waals surface area (Å²) in [5, 5.41) is 0. The van der Waals surface area contributed by atoms with Gasteiger partial charge in [0, 0.05) is 13.1 Å². The van der Waals surface area contributed by atoms with Crippen LogP contribution in [-0.2, 0) is 24.9 Å². The third-order valence-corrected chi connectivity index (χ3v) is 6.92. The molecule has 0 unspecified atom stereocenters. The van der Waals surface area contributed by atoms with Gasteiger partial charge in [0.1, 0.15) is 4.90 Å². The van der Waals surface area contributed by atoms with Crippen molar-refractivity contribution in [3.8, 4) is 5.75 Å². The highest BCUT2D eigenvalue weighted by molar-refractivity contribution is 7.89. The van der Waals surface area contributed by atoms with Gasteiger partial charge in [-0.3, -0.25) is 0 Å². The van der Waals surface area contributed by atoms with E-state index in [-0.39, 0.29) is 22.9 Å². The molecule has 0 bridgehead atoms. The summed E-state index contributed by atoms with van der Waals surface area (Å²) in [5.41, 5.74) is 0. The predicted octanol–water partition coefficient (Wildman–Crippen LogP) is 1.61. The van der Waals surface area contributed by atoms with E-state index in [0.717, 1.165) is 18.2 Å². The predicted molar refractivity (Wildman–Crippen MR) is 90.2 cm³/mol. The Bertz CT molecular complexity index is 984. The number of sulfonamides is 1. The average Bonchev–Trinajstić information content (AvgIpc) is 2.64. The molecule has 2 aromatic carbocycles. The van der Waals surface area contributed by atoms with Gasteiger partial charge in [-0.15, -0.1) is 0 Å². The van der Waals surface area contributed by atoms with Gasteiger partial charge in [0.15, 0.2) is 11.6 Å². The Labute approximate surface area is 151 Å². The molecule has 7 nitrogen and oxygen atoms in total. The number of para-hydroxylation sites is 1. The maximum atomic E-state index is 13.6. The molecule has 2 aromatic rings. The Morgan fingerprint density at radius 2 is 1.46 bits per heavy atom. The molecule has 1 aliphatic rings. The van der Waals surface area contributed by atoms with Gasteiger partial charge in [0.25, 0.3) is 0 Å². The molecule has 10 heteroatoms. The zero-order valence-electron chi connectivity index (χ0n) is 13.5. The van der Waals surface area contributed by atoms with Crippen LogP contribution in [0.1, 0.15) is 0 Å². The molecule has 26 heavy (non-hydrogen) atoms. The van der Waals surface area contributed by atoms with Gasteiger partial charge >= 0.3 is 10.1 Å². The van der Waals surface area contributed by atoms with Crippen molar-refractivity contribution < 1.29 is 30.1 Å². The minimum Gasteiger partial charge on any atom is -0.379 e. The number of halogens is 1. The molecule has 1 aliphatic heterocycles. The molecule has 0 spiro atoms. The van der Waals surface area contributed by atoms with Gasteiger partial charge in [-0.1, -0.05) is 12.1 Å². The van der Waals surface area contributed by atoms with Gasteiger partial charge in [-0.05, 0) is 36.4 Å². The zero-order valence-corrected chi connectivity index (χ0v) is 15.2. The van der Waals surface area contributed by atoms with Crippen LogP contribution in [0, 0.1) is 5.82 Å². The molecule has 0 saturated carbocycles. The molecule has 0 aliphatic carbocycles. The van der Waals surface area contributed by atoms with Crippen molar-refractivity contribution in [2.24, 2.45) is 0 Å². The normalized spacial score (nSPS) is 16.3. The fraction of sp³-hybridized carbons (Fsp3) is 0.250. The van der Waals surface area contributed by atoms with Crippen LogP contribution in [0.5, 0.6) is 5.75 Å². The highest BCUT2D eigenvalue weighted by Crippen LogP contribution is 2.23. The molecule has 0 amide bonds. The van der Waals surface area contributed by atoms with E-state index < -0.39 is 31.7 Å². The van der Waals surface area contributed by atoms with Crippen LogP contribution >= 0.6 is 0 Å². The van der Waals surface area contributed by atoms with Crippen molar-refractivity contribution in [3.63, 3.8) is 0 Å². The topological polar surface area (TPSA) is 90.0 Å². The third kappa shape index (κ3) is 3.88. The summed E-state index contributed by atoms with van der Waals surface area (Å²) >= 11 is 0. The molecule has 1 saturated heterocycles. The van der Waals surface area contributed by atoms with Crippen molar-refractivity contribution in [1.82, 2.24) is 4.31 Å². The highest BCUT2D eigenvalue weighted by atomic mass is 32.2. The average molecular weight is 401 g/mol. The minimum absolute atomic E-state index is 0.0377. The van der Waals surface area contributed by atoms with Crippen LogP contribution in [0.15, 0.2) is 58.3 Å². The van der Waals surface area contributed by atoms with Crippen molar-refractivity contribution in [2.45, 2.75) is 9.79 Å². The Balaban J connectivity index is 1.83. The van der Waals surface area contributed by atoms with Gasteiger partial charge in [-0.25, -0.2) is 12.8 Å². The van der Waals surface area contributed by atoms with Crippen LogP contribution < -0.4 is 4.18 Å². The number of hydrogen-bond acceptors (Lipinski definition) is 6. The smallest absolute Gasteiger partial charge is 0.339 e. The summed E-state index contributed by atoms with van der Waals surface area (Å²) in [4.78, 5) is -0.314. The number of nitrogens with zero attached hydrogens (tertiary/aromatic N) is 1. The molecule has 0 radical (unpaired) electrons. The van der Waals surface area contributed by atoms with Gasteiger partial charge < -0.3 is 8.92 Å². The number of hydrogen-bond donors (Lipinski definition) is 0. The van der Waals surface area contributed by atoms with Crippen molar-refractivity contribution in [3.05, 3.63) is 54.3 Å². The Hall–Kier alpha value is -2.01. The van der Waals surface area contributed by atoms with Gasteiger partial charge in [0.2, 0.25) is 10.0 Å². The first-order valence-electron chi connectivity index (χ1n) is 7.68. The number of rotatable bonds is 5. The fourth-order valence-electron chi connectivity index (χ4n) is 2.39. The van der Waals surface area contributed by atoms with Crippen LogP contribution in [0.3, 0.4) is 0 Å². The summed E-state index contributed by atoms with van der Waals surface area (Å²) in [5.74, 6) is -1.25. The lowest BCUT2D eigenvalue weighted by Crippen LogP contribution is -2.40. The second kappa shape index (κ2) is 7.31. The second-order valence-electron chi connectivity index (χ2n) is 5.46. The molecule has 1 heterocycles. The summed E-state index contributed by atoms with van der Waals surface area (Å²) in [6.07, 6.45) is 0. The molecule has 0 N–H and O–H groups in total. The van der Waals surface area contributed by atoms with E-state index in [2.05, 4.69) is 0 Å². The van der Waals surface area contributed by atoms with E-state index in [4.69, 9.17) is 8.92 Å². The van der Waals surface area contributed by atoms with Crippen LogP contribution in [-0.4, -0.2) is 47.4 Å². The molecular weight excluding hydrogens is 385 g/mol. The fourth-order valence-corrected chi connectivity index (χ4v) is 4.74. The highest BCUT2D eigenvalue weighted by Gasteiger charge is 2.27. The SMILES string of the molecule is O=S(=O)(Oc1ccccc1F)c1ccc(S(=O)(=O)N2CCOCC2)cc1. The molecule has 1 fully saturated rings. The minimum atomic E-state index is -4.29. The molecule has 0 aromatic heterocycles. The van der Waals surface area contributed by atoms with Crippen molar-refractivity contribution >= 4 is 20.1 Å². The summed E-state index contributed by atoms with van der Waals surface area (Å²) in [6, 6.07) is 9.69. The maximum absolute atomic E-state index is 13.6. The number of ether oxygens (including phenoxy) is 1. The number of benzene rings is 2. The molecule has 0 atom stereocenters. The quantitative estimate of drug-likeness (QED) is 0.707. The van der Waals surface area contributed by atoms with Crippen LogP contribution in [0.2, 0.25) is 0 Å².